The fourth-order valence-electron chi connectivity index (χ4n) is 1.41. The van der Waals surface area contributed by atoms with Crippen LogP contribution in [-0.2, 0) is 9.47 Å². The molecule has 0 atom stereocenters. The highest BCUT2D eigenvalue weighted by Gasteiger charge is 1.99. The van der Waals surface area contributed by atoms with Crippen molar-refractivity contribution in [2.24, 2.45) is 4.99 Å². The van der Waals surface area contributed by atoms with Crippen LogP contribution >= 0.6 is 24.0 Å². The zero-order chi connectivity index (χ0) is 13.6. The number of nitrogens with zero attached hydrogens (tertiary/aromatic N) is 2. The van der Waals surface area contributed by atoms with Gasteiger partial charge in [0.25, 0.3) is 0 Å². The molecule has 6 nitrogen and oxygen atoms in total. The van der Waals surface area contributed by atoms with Gasteiger partial charge < -0.3 is 25.0 Å². The SMILES string of the molecule is CN=C(NCCCN(C)CCOC)NCCOC.I. The Labute approximate surface area is 134 Å². The monoisotopic (exact) mass is 388 g/mol. The summed E-state index contributed by atoms with van der Waals surface area (Å²) in [5.74, 6) is 0.826. The summed E-state index contributed by atoms with van der Waals surface area (Å²) in [4.78, 5) is 6.39. The summed E-state index contributed by atoms with van der Waals surface area (Å²) in [6.45, 7) is 5.15. The normalized spacial score (nSPS) is 11.3. The zero-order valence-electron chi connectivity index (χ0n) is 12.6. The van der Waals surface area contributed by atoms with Gasteiger partial charge in [-0.3, -0.25) is 4.99 Å². The van der Waals surface area contributed by atoms with Crippen molar-refractivity contribution in [2.75, 3.05) is 67.7 Å². The molecule has 0 aliphatic rings. The predicted octanol–water partition coefficient (Wildman–Crippen LogP) is 0.384. The van der Waals surface area contributed by atoms with Gasteiger partial charge in [-0.1, -0.05) is 0 Å². The summed E-state index contributed by atoms with van der Waals surface area (Å²) in [6.07, 6.45) is 1.07. The van der Waals surface area contributed by atoms with Gasteiger partial charge in [0.15, 0.2) is 5.96 Å². The molecule has 0 fully saturated rings. The standard InChI is InChI=1S/C12H28N4O2.HI/c1-13-12(15-7-10-17-3)14-6-5-8-16(2)9-11-18-4;/h5-11H2,1-4H3,(H2,13,14,15);1H. The molecule has 0 aliphatic heterocycles. The lowest BCUT2D eigenvalue weighted by molar-refractivity contribution is 0.161. The quantitative estimate of drug-likeness (QED) is 0.245. The molecule has 7 heteroatoms. The molecule has 0 saturated heterocycles. The van der Waals surface area contributed by atoms with Crippen molar-refractivity contribution < 1.29 is 9.47 Å². The van der Waals surface area contributed by atoms with Gasteiger partial charge in [-0.15, -0.1) is 24.0 Å². The van der Waals surface area contributed by atoms with Crippen LogP contribution in [-0.4, -0.2) is 78.6 Å². The molecule has 0 spiro atoms. The van der Waals surface area contributed by atoms with E-state index >= 15 is 0 Å². The highest BCUT2D eigenvalue weighted by atomic mass is 127. The number of guanidine groups is 1. The lowest BCUT2D eigenvalue weighted by Crippen LogP contribution is -2.40. The molecule has 0 saturated carbocycles. The van der Waals surface area contributed by atoms with Crippen LogP contribution in [0.3, 0.4) is 0 Å². The summed E-state index contributed by atoms with van der Waals surface area (Å²) in [5, 5.41) is 6.44. The minimum absolute atomic E-state index is 0. The van der Waals surface area contributed by atoms with Crippen LogP contribution in [0, 0.1) is 0 Å². The van der Waals surface area contributed by atoms with Crippen molar-refractivity contribution in [1.82, 2.24) is 15.5 Å². The van der Waals surface area contributed by atoms with Gasteiger partial charge in [-0.25, -0.2) is 0 Å². The van der Waals surface area contributed by atoms with Crippen molar-refractivity contribution in [3.8, 4) is 0 Å². The largest absolute Gasteiger partial charge is 0.383 e. The van der Waals surface area contributed by atoms with E-state index in [1.807, 2.05) is 0 Å². The molecule has 19 heavy (non-hydrogen) atoms. The Bertz CT molecular complexity index is 218. The van der Waals surface area contributed by atoms with E-state index in [0.29, 0.717) is 6.61 Å². The molecular weight excluding hydrogens is 359 g/mol. The zero-order valence-corrected chi connectivity index (χ0v) is 14.9. The second-order valence-corrected chi connectivity index (χ2v) is 4.07. The number of hydrogen-bond donors (Lipinski definition) is 2. The third-order valence-corrected chi connectivity index (χ3v) is 2.51. The van der Waals surface area contributed by atoms with Crippen molar-refractivity contribution in [3.05, 3.63) is 0 Å². The molecule has 0 heterocycles. The molecule has 0 aromatic heterocycles. The van der Waals surface area contributed by atoms with Crippen LogP contribution in [0.25, 0.3) is 0 Å². The van der Waals surface area contributed by atoms with E-state index in [-0.39, 0.29) is 24.0 Å². The van der Waals surface area contributed by atoms with Crippen LogP contribution < -0.4 is 10.6 Å². The molecule has 0 aromatic carbocycles. The van der Waals surface area contributed by atoms with E-state index < -0.39 is 0 Å². The van der Waals surface area contributed by atoms with E-state index in [4.69, 9.17) is 9.47 Å². The summed E-state index contributed by atoms with van der Waals surface area (Å²) >= 11 is 0. The van der Waals surface area contributed by atoms with Crippen molar-refractivity contribution >= 4 is 29.9 Å². The van der Waals surface area contributed by atoms with Gasteiger partial charge in [-0.05, 0) is 20.0 Å². The van der Waals surface area contributed by atoms with Gasteiger partial charge in [0, 0.05) is 40.9 Å². The average molecular weight is 388 g/mol. The smallest absolute Gasteiger partial charge is 0.191 e. The van der Waals surface area contributed by atoms with Crippen LogP contribution in [0.4, 0.5) is 0 Å². The molecule has 116 valence electrons. The van der Waals surface area contributed by atoms with Gasteiger partial charge in [0.1, 0.15) is 0 Å². The first-order valence-corrected chi connectivity index (χ1v) is 6.35. The van der Waals surface area contributed by atoms with Crippen LogP contribution in [0.2, 0.25) is 0 Å². The molecule has 0 amide bonds. The fraction of sp³-hybridized carbons (Fsp3) is 0.917. The second kappa shape index (κ2) is 15.9. The fourth-order valence-corrected chi connectivity index (χ4v) is 1.41. The Balaban J connectivity index is 0. The Hall–Kier alpha value is -0.120. The number of likely N-dealkylation sites (N-methyl/N-ethyl adjacent to an activating group) is 1. The molecule has 0 unspecified atom stereocenters. The third kappa shape index (κ3) is 14.1. The predicted molar refractivity (Wildman–Crippen MR) is 90.6 cm³/mol. The molecular formula is C12H29IN4O2. The number of aliphatic imine (C=N–C) groups is 1. The molecule has 0 aliphatic carbocycles. The Morgan fingerprint density at radius 3 is 2.26 bits per heavy atom. The van der Waals surface area contributed by atoms with E-state index in [2.05, 4.69) is 27.6 Å². The maximum atomic E-state index is 5.03. The summed E-state index contributed by atoms with van der Waals surface area (Å²) in [6, 6.07) is 0. The van der Waals surface area contributed by atoms with Gasteiger partial charge in [0.2, 0.25) is 0 Å². The highest BCUT2D eigenvalue weighted by molar-refractivity contribution is 14.0. The Morgan fingerprint density at radius 1 is 1.05 bits per heavy atom. The van der Waals surface area contributed by atoms with Gasteiger partial charge in [0.05, 0.1) is 13.2 Å². The maximum absolute atomic E-state index is 5.03. The van der Waals surface area contributed by atoms with E-state index in [1.165, 1.54) is 0 Å². The minimum atomic E-state index is 0. The molecule has 0 radical (unpaired) electrons. The van der Waals surface area contributed by atoms with Gasteiger partial charge >= 0.3 is 0 Å². The number of methoxy groups -OCH3 is 2. The summed E-state index contributed by atoms with van der Waals surface area (Å²) in [7, 11) is 7.29. The Kier molecular flexibility index (Phi) is 17.8. The minimum Gasteiger partial charge on any atom is -0.383 e. The summed E-state index contributed by atoms with van der Waals surface area (Å²) in [5.41, 5.74) is 0. The maximum Gasteiger partial charge on any atom is 0.191 e. The van der Waals surface area contributed by atoms with Crippen LogP contribution in [0.5, 0.6) is 0 Å². The average Bonchev–Trinajstić information content (AvgIpc) is 2.39. The van der Waals surface area contributed by atoms with Crippen molar-refractivity contribution in [1.29, 1.82) is 0 Å². The van der Waals surface area contributed by atoms with Crippen LogP contribution in [0.1, 0.15) is 6.42 Å². The number of hydrogen-bond acceptors (Lipinski definition) is 4. The third-order valence-electron chi connectivity index (χ3n) is 2.51. The van der Waals surface area contributed by atoms with Crippen molar-refractivity contribution in [3.63, 3.8) is 0 Å². The second-order valence-electron chi connectivity index (χ2n) is 4.07. The van der Waals surface area contributed by atoms with E-state index in [0.717, 1.165) is 45.2 Å². The topological polar surface area (TPSA) is 58.1 Å². The van der Waals surface area contributed by atoms with Crippen molar-refractivity contribution in [2.45, 2.75) is 6.42 Å². The highest BCUT2D eigenvalue weighted by Crippen LogP contribution is 1.86. The van der Waals surface area contributed by atoms with E-state index in [9.17, 15) is 0 Å². The van der Waals surface area contributed by atoms with Crippen LogP contribution in [0.15, 0.2) is 4.99 Å². The first kappa shape index (κ1) is 21.2. The molecule has 0 aromatic rings. The Morgan fingerprint density at radius 2 is 1.68 bits per heavy atom. The lowest BCUT2D eigenvalue weighted by Gasteiger charge is -2.16. The lowest BCUT2D eigenvalue weighted by atomic mass is 10.4. The number of ether oxygens (including phenoxy) is 2. The number of nitrogens with one attached hydrogen (secondary N) is 2. The first-order chi connectivity index (χ1) is 8.74. The number of halogens is 1. The molecule has 2 N–H and O–H groups in total. The molecule has 0 rings (SSSR count). The molecule has 0 bridgehead atoms. The van der Waals surface area contributed by atoms with E-state index in [1.54, 1.807) is 21.3 Å². The van der Waals surface area contributed by atoms with Gasteiger partial charge in [-0.2, -0.15) is 0 Å². The first-order valence-electron chi connectivity index (χ1n) is 6.35. The number of rotatable bonds is 10. The summed E-state index contributed by atoms with van der Waals surface area (Å²) < 4.78 is 10.00.